The molecule has 0 saturated carbocycles. The van der Waals surface area contributed by atoms with Gasteiger partial charge in [0.1, 0.15) is 5.78 Å². The van der Waals surface area contributed by atoms with Gasteiger partial charge in [-0.2, -0.15) is 0 Å². The molecule has 0 aromatic carbocycles. The Morgan fingerprint density at radius 1 is 1.50 bits per heavy atom. The first-order chi connectivity index (χ1) is 6.72. The zero-order chi connectivity index (χ0) is 10.4. The molecule has 0 radical (unpaired) electrons. The monoisotopic (exact) mass is 192 g/mol. The molecule has 1 heterocycles. The van der Waals surface area contributed by atoms with Gasteiger partial charge in [0.2, 0.25) is 0 Å². The van der Waals surface area contributed by atoms with E-state index in [-0.39, 0.29) is 5.78 Å². The third-order valence-electron chi connectivity index (χ3n) is 2.03. The molecule has 3 heteroatoms. The van der Waals surface area contributed by atoms with E-state index in [1.807, 2.05) is 26.1 Å². The van der Waals surface area contributed by atoms with Gasteiger partial charge in [0.15, 0.2) is 0 Å². The van der Waals surface area contributed by atoms with Gasteiger partial charge in [-0.3, -0.25) is 9.78 Å². The number of carbonyl (C=O) groups excluding carboxylic acids is 1. The van der Waals surface area contributed by atoms with Crippen molar-refractivity contribution < 1.29 is 4.79 Å². The van der Waals surface area contributed by atoms with Crippen molar-refractivity contribution in [3.05, 3.63) is 29.6 Å². The molecule has 0 aliphatic heterocycles. The molecule has 0 aliphatic carbocycles. The van der Waals surface area contributed by atoms with Crippen molar-refractivity contribution in [1.29, 1.82) is 0 Å². The van der Waals surface area contributed by atoms with Crippen LogP contribution in [0.1, 0.15) is 17.7 Å². The van der Waals surface area contributed by atoms with Gasteiger partial charge in [0.05, 0.1) is 0 Å². The standard InChI is InChI=1S/C11H16N2O/c1-9-3-4-10(8-13-9)7-11(14)5-6-12-2/h3-4,8,12H,5-7H2,1-2H3. The molecule has 0 bridgehead atoms. The van der Waals surface area contributed by atoms with Gasteiger partial charge in [-0.05, 0) is 25.6 Å². The van der Waals surface area contributed by atoms with Crippen molar-refractivity contribution in [2.24, 2.45) is 0 Å². The summed E-state index contributed by atoms with van der Waals surface area (Å²) in [6.07, 6.45) is 2.85. The summed E-state index contributed by atoms with van der Waals surface area (Å²) in [5.41, 5.74) is 1.98. The van der Waals surface area contributed by atoms with Crippen LogP contribution in [0.2, 0.25) is 0 Å². The second-order valence-electron chi connectivity index (χ2n) is 3.38. The van der Waals surface area contributed by atoms with E-state index in [1.54, 1.807) is 6.20 Å². The minimum absolute atomic E-state index is 0.255. The molecule has 1 aromatic rings. The summed E-state index contributed by atoms with van der Waals surface area (Å²) in [4.78, 5) is 15.5. The van der Waals surface area contributed by atoms with Gasteiger partial charge in [-0.15, -0.1) is 0 Å². The molecule has 0 unspecified atom stereocenters. The second-order valence-corrected chi connectivity index (χ2v) is 3.38. The molecule has 1 aromatic heterocycles. The van der Waals surface area contributed by atoms with Crippen molar-refractivity contribution >= 4 is 5.78 Å². The van der Waals surface area contributed by atoms with E-state index in [2.05, 4.69) is 10.3 Å². The largest absolute Gasteiger partial charge is 0.319 e. The Balaban J connectivity index is 2.44. The molecule has 1 rings (SSSR count). The van der Waals surface area contributed by atoms with Crippen LogP contribution in [0.4, 0.5) is 0 Å². The average Bonchev–Trinajstić information content (AvgIpc) is 2.18. The second kappa shape index (κ2) is 5.50. The van der Waals surface area contributed by atoms with E-state index < -0.39 is 0 Å². The SMILES string of the molecule is CNCCC(=O)Cc1ccc(C)nc1. The number of pyridine rings is 1. The summed E-state index contributed by atoms with van der Waals surface area (Å²) in [7, 11) is 1.85. The molecular formula is C11H16N2O. The number of carbonyl (C=O) groups is 1. The van der Waals surface area contributed by atoms with Crippen LogP contribution in [0.5, 0.6) is 0 Å². The highest BCUT2D eigenvalue weighted by molar-refractivity contribution is 5.80. The zero-order valence-electron chi connectivity index (χ0n) is 8.71. The number of hydrogen-bond acceptors (Lipinski definition) is 3. The molecule has 3 nitrogen and oxygen atoms in total. The topological polar surface area (TPSA) is 42.0 Å². The van der Waals surface area contributed by atoms with Gasteiger partial charge in [0, 0.05) is 31.3 Å². The predicted molar refractivity (Wildman–Crippen MR) is 56.2 cm³/mol. The third-order valence-corrected chi connectivity index (χ3v) is 2.03. The summed E-state index contributed by atoms with van der Waals surface area (Å²) in [6, 6.07) is 3.89. The van der Waals surface area contributed by atoms with Crippen LogP contribution in [-0.2, 0) is 11.2 Å². The fraction of sp³-hybridized carbons (Fsp3) is 0.455. The molecule has 0 amide bonds. The smallest absolute Gasteiger partial charge is 0.138 e. The van der Waals surface area contributed by atoms with E-state index in [4.69, 9.17) is 0 Å². The first kappa shape index (κ1) is 10.9. The van der Waals surface area contributed by atoms with Crippen molar-refractivity contribution in [3.8, 4) is 0 Å². The van der Waals surface area contributed by atoms with Gasteiger partial charge in [-0.25, -0.2) is 0 Å². The quantitative estimate of drug-likeness (QED) is 0.760. The van der Waals surface area contributed by atoms with Crippen LogP contribution in [0.15, 0.2) is 18.3 Å². The normalized spacial score (nSPS) is 10.1. The number of aryl methyl sites for hydroxylation is 1. The zero-order valence-corrected chi connectivity index (χ0v) is 8.71. The van der Waals surface area contributed by atoms with Crippen molar-refractivity contribution in [1.82, 2.24) is 10.3 Å². The molecule has 1 N–H and O–H groups in total. The maximum absolute atomic E-state index is 11.4. The van der Waals surface area contributed by atoms with Gasteiger partial charge in [0.25, 0.3) is 0 Å². The molecule has 14 heavy (non-hydrogen) atoms. The lowest BCUT2D eigenvalue weighted by molar-refractivity contribution is -0.118. The van der Waals surface area contributed by atoms with Crippen LogP contribution >= 0.6 is 0 Å². The first-order valence-corrected chi connectivity index (χ1v) is 4.80. The van der Waals surface area contributed by atoms with Crippen LogP contribution in [0, 0.1) is 6.92 Å². The Morgan fingerprint density at radius 3 is 2.86 bits per heavy atom. The molecular weight excluding hydrogens is 176 g/mol. The van der Waals surface area contributed by atoms with E-state index in [9.17, 15) is 4.79 Å². The Kier molecular flexibility index (Phi) is 4.26. The Labute approximate surface area is 84.6 Å². The number of Topliss-reactive ketones (excluding diaryl/α,β-unsaturated/α-hetero) is 1. The summed E-state index contributed by atoms with van der Waals surface area (Å²) in [6.45, 7) is 2.69. The average molecular weight is 192 g/mol. The summed E-state index contributed by atoms with van der Waals surface area (Å²) in [5.74, 6) is 0.255. The molecule has 0 atom stereocenters. The van der Waals surface area contributed by atoms with Gasteiger partial charge < -0.3 is 5.32 Å². The molecule has 0 spiro atoms. The Hall–Kier alpha value is -1.22. The summed E-state index contributed by atoms with van der Waals surface area (Å²) >= 11 is 0. The fourth-order valence-electron chi connectivity index (χ4n) is 1.18. The fourth-order valence-corrected chi connectivity index (χ4v) is 1.18. The first-order valence-electron chi connectivity index (χ1n) is 4.80. The van der Waals surface area contributed by atoms with E-state index in [0.717, 1.165) is 17.8 Å². The number of aromatic nitrogens is 1. The van der Waals surface area contributed by atoms with Crippen molar-refractivity contribution in [2.45, 2.75) is 19.8 Å². The van der Waals surface area contributed by atoms with Gasteiger partial charge in [-0.1, -0.05) is 6.07 Å². The third kappa shape index (κ3) is 3.66. The maximum atomic E-state index is 11.4. The number of rotatable bonds is 5. The number of ketones is 1. The lowest BCUT2D eigenvalue weighted by Gasteiger charge is -2.00. The number of nitrogens with one attached hydrogen (secondary N) is 1. The van der Waals surface area contributed by atoms with Crippen LogP contribution in [-0.4, -0.2) is 24.4 Å². The van der Waals surface area contributed by atoms with Crippen molar-refractivity contribution in [3.63, 3.8) is 0 Å². The lowest BCUT2D eigenvalue weighted by Crippen LogP contribution is -2.14. The van der Waals surface area contributed by atoms with Gasteiger partial charge >= 0.3 is 0 Å². The minimum Gasteiger partial charge on any atom is -0.319 e. The highest BCUT2D eigenvalue weighted by Gasteiger charge is 2.02. The predicted octanol–water partition coefficient (Wildman–Crippen LogP) is 1.11. The molecule has 0 fully saturated rings. The van der Waals surface area contributed by atoms with E-state index in [0.29, 0.717) is 12.8 Å². The number of nitrogens with zero attached hydrogens (tertiary/aromatic N) is 1. The highest BCUT2D eigenvalue weighted by Crippen LogP contribution is 2.01. The Morgan fingerprint density at radius 2 is 2.29 bits per heavy atom. The van der Waals surface area contributed by atoms with E-state index >= 15 is 0 Å². The van der Waals surface area contributed by atoms with Crippen LogP contribution in [0.25, 0.3) is 0 Å². The molecule has 0 aliphatic rings. The highest BCUT2D eigenvalue weighted by atomic mass is 16.1. The van der Waals surface area contributed by atoms with Crippen LogP contribution < -0.4 is 5.32 Å². The lowest BCUT2D eigenvalue weighted by atomic mass is 10.1. The van der Waals surface area contributed by atoms with Crippen LogP contribution in [0.3, 0.4) is 0 Å². The minimum atomic E-state index is 0.255. The maximum Gasteiger partial charge on any atom is 0.138 e. The molecule has 0 saturated heterocycles. The Bertz CT molecular complexity index is 293. The molecule has 76 valence electrons. The van der Waals surface area contributed by atoms with E-state index in [1.165, 1.54) is 0 Å². The number of hydrogen-bond donors (Lipinski definition) is 1. The summed E-state index contributed by atoms with van der Waals surface area (Å²) in [5, 5.41) is 2.96. The van der Waals surface area contributed by atoms with Crippen molar-refractivity contribution in [2.75, 3.05) is 13.6 Å². The summed E-state index contributed by atoms with van der Waals surface area (Å²) < 4.78 is 0.